The predicted octanol–water partition coefficient (Wildman–Crippen LogP) is -2.44. The second-order valence-electron chi connectivity index (χ2n) is 0. The SMILES string of the molecule is [Al].[In].[MgH2].[Si].[Sn].[Zn]. The summed E-state index contributed by atoms with van der Waals surface area (Å²) in [5.74, 6) is 0. The van der Waals surface area contributed by atoms with Crippen LogP contribution in [0.25, 0.3) is 0 Å². The molecule has 0 rings (SSSR count). The molecule has 0 unspecified atom stereocenters. The van der Waals surface area contributed by atoms with Crippen LogP contribution in [0, 0.1) is 0 Å². The van der Waals surface area contributed by atoms with Gasteiger partial charge in [0.1, 0.15) is 0 Å². The molecule has 0 aromatic rings. The summed E-state index contributed by atoms with van der Waals surface area (Å²) in [6.45, 7) is 0. The first kappa shape index (κ1) is 52.5. The third kappa shape index (κ3) is 25.0. The van der Waals surface area contributed by atoms with Crippen molar-refractivity contribution < 1.29 is 19.5 Å². The van der Waals surface area contributed by atoms with Crippen LogP contribution in [0.5, 0.6) is 0 Å². The van der Waals surface area contributed by atoms with Crippen molar-refractivity contribution >= 4 is 101 Å². The predicted molar refractivity (Wildman–Crippen MR) is 31.6 cm³/mol. The Labute approximate surface area is 118 Å². The molecule has 0 bridgehead atoms. The average molecular weight is 380 g/mol. The van der Waals surface area contributed by atoms with Gasteiger partial charge in [0.05, 0.1) is 0 Å². The summed E-state index contributed by atoms with van der Waals surface area (Å²) in [4.78, 5) is 0. The molecule has 6 heavy (non-hydrogen) atoms. The van der Waals surface area contributed by atoms with Crippen LogP contribution in [0.15, 0.2) is 0 Å². The summed E-state index contributed by atoms with van der Waals surface area (Å²) in [7, 11) is 0. The van der Waals surface area contributed by atoms with Gasteiger partial charge < -0.3 is 0 Å². The largest absolute Gasteiger partial charge is 0.316 e. The van der Waals surface area contributed by atoms with E-state index < -0.39 is 0 Å². The van der Waals surface area contributed by atoms with E-state index in [-0.39, 0.29) is 121 Å². The number of rotatable bonds is 0. The molecule has 0 fully saturated rings. The van der Waals surface area contributed by atoms with Gasteiger partial charge in [-0.1, -0.05) is 0 Å². The summed E-state index contributed by atoms with van der Waals surface area (Å²) >= 11 is 0. The van der Waals surface area contributed by atoms with Crippen LogP contribution in [0.2, 0.25) is 0 Å². The second-order valence-corrected chi connectivity index (χ2v) is 0. The Hall–Kier alpha value is 3.81. The van der Waals surface area contributed by atoms with Crippen LogP contribution in [-0.4, -0.2) is 101 Å². The Kier molecular flexibility index (Phi) is 324. The van der Waals surface area contributed by atoms with Crippen LogP contribution >= 0.6 is 0 Å². The first-order valence-corrected chi connectivity index (χ1v) is 0. The van der Waals surface area contributed by atoms with Crippen LogP contribution in [0.3, 0.4) is 0 Å². The molecule has 0 aromatic carbocycles. The zero-order valence-corrected chi connectivity index (χ0v) is 14.1. The average Bonchev–Trinajstić information content (AvgIpc) is 0. The van der Waals surface area contributed by atoms with Crippen molar-refractivity contribution in [1.82, 2.24) is 0 Å². The standard InChI is InChI=1S/Al.In.Mg.Si.Sn.Zn.2H. The van der Waals surface area contributed by atoms with Crippen molar-refractivity contribution in [1.29, 1.82) is 0 Å². The van der Waals surface area contributed by atoms with Gasteiger partial charge in [0.2, 0.25) is 0 Å². The molecule has 0 aliphatic carbocycles. The molecule has 20 valence electrons. The van der Waals surface area contributed by atoms with E-state index in [2.05, 4.69) is 0 Å². The van der Waals surface area contributed by atoms with Gasteiger partial charge in [-0.15, -0.1) is 0 Å². The van der Waals surface area contributed by atoms with Gasteiger partial charge in [-0.25, -0.2) is 0 Å². The molecule has 0 spiro atoms. The normalized spacial score (nSPS) is 0. The molecular formula is H2AlInMgSiSnZn. The van der Waals surface area contributed by atoms with Crippen molar-refractivity contribution in [3.63, 3.8) is 0 Å². The number of hydrogen-bond donors (Lipinski definition) is 0. The van der Waals surface area contributed by atoms with Crippen molar-refractivity contribution in [2.24, 2.45) is 0 Å². The molecule has 0 saturated heterocycles. The van der Waals surface area contributed by atoms with Crippen LogP contribution in [-0.2, 0) is 19.5 Å². The van der Waals surface area contributed by atoms with Gasteiger partial charge in [-0.3, -0.25) is 0 Å². The zero-order chi connectivity index (χ0) is 0. The quantitative estimate of drug-likeness (QED) is 0.410. The van der Waals surface area contributed by atoms with Crippen molar-refractivity contribution in [2.75, 3.05) is 0 Å². The Morgan fingerprint density at radius 1 is 1.00 bits per heavy atom. The molecule has 0 N–H and O–H groups in total. The zero-order valence-electron chi connectivity index (χ0n) is 2.86. The van der Waals surface area contributed by atoms with E-state index in [1.165, 1.54) is 0 Å². The fourth-order valence-electron chi connectivity index (χ4n) is 0. The van der Waals surface area contributed by atoms with E-state index >= 15 is 0 Å². The van der Waals surface area contributed by atoms with Gasteiger partial charge >= 0.3 is 23.1 Å². The maximum absolute atomic E-state index is 0. The van der Waals surface area contributed by atoms with E-state index in [1.807, 2.05) is 0 Å². The molecule has 6 heteroatoms. The molecule has 0 atom stereocenters. The summed E-state index contributed by atoms with van der Waals surface area (Å²) < 4.78 is 0. The summed E-state index contributed by atoms with van der Waals surface area (Å²) in [6.07, 6.45) is 0. The van der Waals surface area contributed by atoms with E-state index in [1.54, 1.807) is 0 Å². The third-order valence-corrected chi connectivity index (χ3v) is 0. The Morgan fingerprint density at radius 3 is 1.00 bits per heavy atom. The fourth-order valence-corrected chi connectivity index (χ4v) is 0. The van der Waals surface area contributed by atoms with Gasteiger partial charge in [-0.2, -0.15) is 0 Å². The van der Waals surface area contributed by atoms with Crippen molar-refractivity contribution in [3.8, 4) is 0 Å². The minimum atomic E-state index is 0. The Bertz CT molecular complexity index is 15.5. The molecule has 0 aromatic heterocycles. The van der Waals surface area contributed by atoms with E-state index in [9.17, 15) is 0 Å². The first-order chi connectivity index (χ1) is 0. The minimum Gasteiger partial charge on any atom is 0 e. The van der Waals surface area contributed by atoms with Crippen LogP contribution in [0.1, 0.15) is 0 Å². The summed E-state index contributed by atoms with van der Waals surface area (Å²) in [5, 5.41) is 0. The monoisotopic (exact) mass is 380 g/mol. The second kappa shape index (κ2) is 37.0. The summed E-state index contributed by atoms with van der Waals surface area (Å²) in [6, 6.07) is 0. The first-order valence-electron chi connectivity index (χ1n) is 0. The Balaban J connectivity index is 0. The van der Waals surface area contributed by atoms with E-state index in [0.717, 1.165) is 0 Å². The third-order valence-electron chi connectivity index (χ3n) is 0. The van der Waals surface area contributed by atoms with Crippen LogP contribution in [0.4, 0.5) is 0 Å². The molecule has 14 radical (unpaired) electrons. The number of hydrogen-bond acceptors (Lipinski definition) is 0. The molecular weight excluding hydrogens is 378 g/mol. The molecule has 0 heterocycles. The van der Waals surface area contributed by atoms with Crippen LogP contribution < -0.4 is 0 Å². The topological polar surface area (TPSA) is 0 Å². The Morgan fingerprint density at radius 2 is 1.00 bits per heavy atom. The van der Waals surface area contributed by atoms with Gasteiger partial charge in [0.15, 0.2) is 0 Å². The van der Waals surface area contributed by atoms with Gasteiger partial charge in [-0.05, 0) is 0 Å². The van der Waals surface area contributed by atoms with E-state index in [4.69, 9.17) is 0 Å². The maximum Gasteiger partial charge on any atom is 0.316 e. The fraction of sp³-hybridized carbons (Fsp3) is 0. The minimum absolute atomic E-state index is 0. The molecule has 0 nitrogen and oxygen atoms in total. The van der Waals surface area contributed by atoms with E-state index in [0.29, 0.717) is 0 Å². The smallest absolute Gasteiger partial charge is 0 e. The molecule has 0 aliphatic heterocycles. The van der Waals surface area contributed by atoms with Crippen molar-refractivity contribution in [3.05, 3.63) is 0 Å². The molecule has 0 aliphatic rings. The molecule has 0 saturated carbocycles. The molecule has 0 amide bonds. The van der Waals surface area contributed by atoms with Crippen molar-refractivity contribution in [2.45, 2.75) is 0 Å². The van der Waals surface area contributed by atoms with Gasteiger partial charge in [0.25, 0.3) is 0 Å². The maximum atomic E-state index is 0. The van der Waals surface area contributed by atoms with Gasteiger partial charge in [0, 0.05) is 97.6 Å². The summed E-state index contributed by atoms with van der Waals surface area (Å²) in [5.41, 5.74) is 0.